The molecular weight excluding hydrogens is 332 g/mol. The number of halogens is 1. The van der Waals surface area contributed by atoms with E-state index in [0.29, 0.717) is 5.11 Å². The van der Waals surface area contributed by atoms with Crippen LogP contribution in [0, 0.1) is 0 Å². The van der Waals surface area contributed by atoms with E-state index in [1.54, 1.807) is 11.8 Å². The Morgan fingerprint density at radius 1 is 1.14 bits per heavy atom. The van der Waals surface area contributed by atoms with Crippen molar-refractivity contribution in [1.29, 1.82) is 0 Å². The number of hydrogen-bond donors (Lipinski definition) is 2. The summed E-state index contributed by atoms with van der Waals surface area (Å²) in [5.41, 5.74) is 1.22. The first-order valence-corrected chi connectivity index (χ1v) is 8.90. The van der Waals surface area contributed by atoms with E-state index in [4.69, 9.17) is 23.8 Å². The highest BCUT2D eigenvalue weighted by molar-refractivity contribution is 7.99. The molecule has 0 aromatic heterocycles. The molecule has 2 nitrogen and oxygen atoms in total. The SMILES string of the molecule is CC(NC(=S)NCCSc1ccc(Cl)cc1)c1ccccc1. The van der Waals surface area contributed by atoms with Crippen LogP contribution in [0.2, 0.25) is 5.02 Å². The Kier molecular flexibility index (Phi) is 7.03. The lowest BCUT2D eigenvalue weighted by atomic mass is 10.1. The van der Waals surface area contributed by atoms with Crippen molar-refractivity contribution in [2.75, 3.05) is 12.3 Å². The van der Waals surface area contributed by atoms with E-state index in [1.807, 2.05) is 42.5 Å². The summed E-state index contributed by atoms with van der Waals surface area (Å²) in [5.74, 6) is 0.948. The van der Waals surface area contributed by atoms with Gasteiger partial charge in [-0.05, 0) is 49.0 Å². The molecule has 2 N–H and O–H groups in total. The van der Waals surface area contributed by atoms with E-state index in [-0.39, 0.29) is 6.04 Å². The third-order valence-corrected chi connectivity index (χ3v) is 4.65. The van der Waals surface area contributed by atoms with Gasteiger partial charge in [0.2, 0.25) is 0 Å². The van der Waals surface area contributed by atoms with Gasteiger partial charge in [-0.3, -0.25) is 0 Å². The second kappa shape index (κ2) is 9.03. The largest absolute Gasteiger partial charge is 0.362 e. The van der Waals surface area contributed by atoms with E-state index < -0.39 is 0 Å². The van der Waals surface area contributed by atoms with Gasteiger partial charge in [0.25, 0.3) is 0 Å². The summed E-state index contributed by atoms with van der Waals surface area (Å²) in [6.45, 7) is 2.92. The van der Waals surface area contributed by atoms with Gasteiger partial charge in [0.1, 0.15) is 0 Å². The van der Waals surface area contributed by atoms with Gasteiger partial charge < -0.3 is 10.6 Å². The monoisotopic (exact) mass is 350 g/mol. The summed E-state index contributed by atoms with van der Waals surface area (Å²) in [5, 5.41) is 7.99. The molecule has 0 bridgehead atoms. The van der Waals surface area contributed by atoms with Crippen molar-refractivity contribution in [1.82, 2.24) is 10.6 Å². The van der Waals surface area contributed by atoms with E-state index in [9.17, 15) is 0 Å². The quantitative estimate of drug-likeness (QED) is 0.449. The fraction of sp³-hybridized carbons (Fsp3) is 0.235. The summed E-state index contributed by atoms with van der Waals surface area (Å²) in [4.78, 5) is 1.21. The van der Waals surface area contributed by atoms with Gasteiger partial charge in [0, 0.05) is 22.2 Å². The van der Waals surface area contributed by atoms with Crippen molar-refractivity contribution < 1.29 is 0 Å². The first-order chi connectivity index (χ1) is 10.6. The Bertz CT molecular complexity index is 587. The third kappa shape index (κ3) is 5.87. The van der Waals surface area contributed by atoms with Crippen molar-refractivity contribution in [3.8, 4) is 0 Å². The number of thioether (sulfide) groups is 1. The standard InChI is InChI=1S/C17H19ClN2S2/c1-13(14-5-3-2-4-6-14)20-17(21)19-11-12-22-16-9-7-15(18)8-10-16/h2-10,13H,11-12H2,1H3,(H2,19,20,21). The molecule has 0 saturated heterocycles. The Hall–Kier alpha value is -1.23. The molecule has 2 aromatic rings. The van der Waals surface area contributed by atoms with Crippen molar-refractivity contribution in [2.24, 2.45) is 0 Å². The first kappa shape index (κ1) is 17.1. The predicted octanol–water partition coefficient (Wildman–Crippen LogP) is 4.66. The van der Waals surface area contributed by atoms with Crippen LogP contribution in [0.15, 0.2) is 59.5 Å². The molecule has 0 saturated carbocycles. The van der Waals surface area contributed by atoms with Crippen LogP contribution in [0.5, 0.6) is 0 Å². The molecule has 1 unspecified atom stereocenters. The van der Waals surface area contributed by atoms with E-state index in [2.05, 4.69) is 29.7 Å². The molecule has 0 aliphatic heterocycles. The molecule has 5 heteroatoms. The summed E-state index contributed by atoms with van der Waals surface area (Å²) < 4.78 is 0. The molecule has 2 aromatic carbocycles. The van der Waals surface area contributed by atoms with Gasteiger partial charge in [-0.15, -0.1) is 11.8 Å². The number of rotatable bonds is 6. The average molecular weight is 351 g/mol. The van der Waals surface area contributed by atoms with Crippen LogP contribution in [-0.4, -0.2) is 17.4 Å². The average Bonchev–Trinajstić information content (AvgIpc) is 2.54. The van der Waals surface area contributed by atoms with E-state index in [1.165, 1.54) is 10.5 Å². The number of thiocarbonyl (C=S) groups is 1. The lowest BCUT2D eigenvalue weighted by Gasteiger charge is -2.17. The number of benzene rings is 2. The Labute approximate surface area is 146 Å². The smallest absolute Gasteiger partial charge is 0.166 e. The fourth-order valence-corrected chi connectivity index (χ4v) is 3.11. The molecule has 1 atom stereocenters. The third-order valence-electron chi connectivity index (χ3n) is 3.12. The van der Waals surface area contributed by atoms with Crippen LogP contribution in [-0.2, 0) is 0 Å². The lowest BCUT2D eigenvalue weighted by molar-refractivity contribution is 0.703. The summed E-state index contributed by atoms with van der Waals surface area (Å²) in [6, 6.07) is 18.3. The minimum atomic E-state index is 0.199. The topological polar surface area (TPSA) is 24.1 Å². The Balaban J connectivity index is 1.66. The lowest BCUT2D eigenvalue weighted by Crippen LogP contribution is -2.37. The highest BCUT2D eigenvalue weighted by Gasteiger charge is 2.05. The fourth-order valence-electron chi connectivity index (χ4n) is 1.94. The predicted molar refractivity (Wildman–Crippen MR) is 101 cm³/mol. The van der Waals surface area contributed by atoms with E-state index in [0.717, 1.165) is 17.3 Å². The van der Waals surface area contributed by atoms with Crippen LogP contribution in [0.1, 0.15) is 18.5 Å². The Morgan fingerprint density at radius 2 is 1.82 bits per heavy atom. The molecule has 0 fully saturated rings. The maximum atomic E-state index is 5.87. The van der Waals surface area contributed by atoms with Crippen LogP contribution < -0.4 is 10.6 Å². The van der Waals surface area contributed by atoms with Crippen molar-refractivity contribution in [2.45, 2.75) is 17.9 Å². The van der Waals surface area contributed by atoms with Gasteiger partial charge in [-0.1, -0.05) is 41.9 Å². The van der Waals surface area contributed by atoms with Crippen molar-refractivity contribution >= 4 is 40.7 Å². The first-order valence-electron chi connectivity index (χ1n) is 7.13. The van der Waals surface area contributed by atoms with Gasteiger partial charge in [0.15, 0.2) is 5.11 Å². The van der Waals surface area contributed by atoms with E-state index >= 15 is 0 Å². The van der Waals surface area contributed by atoms with Gasteiger partial charge in [-0.25, -0.2) is 0 Å². The summed E-state index contributed by atoms with van der Waals surface area (Å²) >= 11 is 13.0. The van der Waals surface area contributed by atoms with Crippen molar-refractivity contribution in [3.05, 3.63) is 65.2 Å². The van der Waals surface area contributed by atoms with Gasteiger partial charge in [0.05, 0.1) is 6.04 Å². The highest BCUT2D eigenvalue weighted by Crippen LogP contribution is 2.19. The molecule has 0 amide bonds. The second-order valence-electron chi connectivity index (χ2n) is 4.83. The molecular formula is C17H19ClN2S2. The summed E-state index contributed by atoms with van der Waals surface area (Å²) in [7, 11) is 0. The van der Waals surface area contributed by atoms with Crippen LogP contribution in [0.25, 0.3) is 0 Å². The zero-order valence-corrected chi connectivity index (χ0v) is 14.8. The van der Waals surface area contributed by atoms with Crippen molar-refractivity contribution in [3.63, 3.8) is 0 Å². The number of nitrogens with one attached hydrogen (secondary N) is 2. The molecule has 0 aliphatic rings. The maximum absolute atomic E-state index is 5.87. The highest BCUT2D eigenvalue weighted by atomic mass is 35.5. The molecule has 116 valence electrons. The summed E-state index contributed by atoms with van der Waals surface area (Å²) in [6.07, 6.45) is 0. The zero-order chi connectivity index (χ0) is 15.8. The molecule has 0 heterocycles. The molecule has 0 spiro atoms. The Morgan fingerprint density at radius 3 is 2.50 bits per heavy atom. The zero-order valence-electron chi connectivity index (χ0n) is 12.4. The van der Waals surface area contributed by atoms with Crippen LogP contribution >= 0.6 is 35.6 Å². The van der Waals surface area contributed by atoms with Gasteiger partial charge in [-0.2, -0.15) is 0 Å². The molecule has 0 aliphatic carbocycles. The maximum Gasteiger partial charge on any atom is 0.166 e. The number of hydrogen-bond acceptors (Lipinski definition) is 2. The van der Waals surface area contributed by atoms with Crippen LogP contribution in [0.3, 0.4) is 0 Å². The van der Waals surface area contributed by atoms with Crippen LogP contribution in [0.4, 0.5) is 0 Å². The van der Waals surface area contributed by atoms with Gasteiger partial charge >= 0.3 is 0 Å². The molecule has 22 heavy (non-hydrogen) atoms. The molecule has 2 rings (SSSR count). The minimum absolute atomic E-state index is 0.199. The normalized spacial score (nSPS) is 11.7. The second-order valence-corrected chi connectivity index (χ2v) is 6.85. The molecule has 0 radical (unpaired) electrons. The minimum Gasteiger partial charge on any atom is -0.362 e.